The Balaban J connectivity index is 2.02. The molecular weight excluding hydrogens is 397 g/mol. The summed E-state index contributed by atoms with van der Waals surface area (Å²) in [6.07, 6.45) is -4.91. The van der Waals surface area contributed by atoms with Gasteiger partial charge in [-0.2, -0.15) is 13.2 Å². The Morgan fingerprint density at radius 2 is 1.17 bits per heavy atom. The number of hydrogen-bond acceptors (Lipinski definition) is 0. The first-order chi connectivity index (χ1) is 13.5. The van der Waals surface area contributed by atoms with Gasteiger partial charge in [-0.25, -0.2) is 17.6 Å². The smallest absolute Gasteiger partial charge is 0.206 e. The van der Waals surface area contributed by atoms with Crippen molar-refractivity contribution >= 4 is 0 Å². The van der Waals surface area contributed by atoms with Crippen LogP contribution in [0.15, 0.2) is 48.5 Å². The molecule has 3 aromatic rings. The van der Waals surface area contributed by atoms with Gasteiger partial charge in [-0.15, -0.1) is 0 Å². The van der Waals surface area contributed by atoms with E-state index in [9.17, 15) is 30.7 Å². The largest absolute Gasteiger partial charge is 0.458 e. The standard InChI is InChI=1S/C22H11F7/c1-12-2-4-15(18(23)8-12)13-3-5-16(19(24)9-13)14-10-20(25)17(21(26)11-14)6-7-22(27,28)29/h2-5,8-11H,1H3. The van der Waals surface area contributed by atoms with Crippen LogP contribution in [0.4, 0.5) is 30.7 Å². The van der Waals surface area contributed by atoms with Crippen molar-refractivity contribution in [2.75, 3.05) is 0 Å². The average Bonchev–Trinajstić information content (AvgIpc) is 2.59. The maximum absolute atomic E-state index is 14.6. The summed E-state index contributed by atoms with van der Waals surface area (Å²) in [4.78, 5) is 0. The quantitative estimate of drug-likeness (QED) is 0.323. The van der Waals surface area contributed by atoms with Crippen molar-refractivity contribution in [1.82, 2.24) is 0 Å². The van der Waals surface area contributed by atoms with Crippen LogP contribution in [0, 0.1) is 42.0 Å². The molecule has 7 heteroatoms. The van der Waals surface area contributed by atoms with Crippen molar-refractivity contribution in [2.45, 2.75) is 13.1 Å². The molecule has 0 nitrogen and oxygen atoms in total. The molecular formula is C22H11F7. The molecule has 0 fully saturated rings. The number of halogens is 7. The predicted octanol–water partition coefficient (Wildman–Crippen LogP) is 6.80. The molecule has 0 N–H and O–H groups in total. The zero-order valence-corrected chi connectivity index (χ0v) is 14.8. The van der Waals surface area contributed by atoms with E-state index in [0.29, 0.717) is 17.7 Å². The Labute approximate surface area is 161 Å². The highest BCUT2D eigenvalue weighted by molar-refractivity contribution is 5.72. The summed E-state index contributed by atoms with van der Waals surface area (Å²) in [6.45, 7) is 1.70. The van der Waals surface area contributed by atoms with Crippen LogP contribution < -0.4 is 0 Å². The van der Waals surface area contributed by atoms with Crippen molar-refractivity contribution in [2.24, 2.45) is 0 Å². The zero-order valence-electron chi connectivity index (χ0n) is 14.8. The third-order valence-corrected chi connectivity index (χ3v) is 4.09. The van der Waals surface area contributed by atoms with Gasteiger partial charge in [-0.1, -0.05) is 30.2 Å². The lowest BCUT2D eigenvalue weighted by molar-refractivity contribution is -0.0696. The third kappa shape index (κ3) is 4.60. The average molecular weight is 408 g/mol. The van der Waals surface area contributed by atoms with Crippen LogP contribution in [-0.4, -0.2) is 6.18 Å². The maximum atomic E-state index is 14.6. The van der Waals surface area contributed by atoms with E-state index in [4.69, 9.17) is 0 Å². The van der Waals surface area contributed by atoms with Crippen LogP contribution in [0.5, 0.6) is 0 Å². The molecule has 0 aliphatic carbocycles. The lowest BCUT2D eigenvalue weighted by atomic mass is 9.97. The number of rotatable bonds is 2. The number of benzene rings is 3. The second kappa shape index (κ2) is 7.63. The van der Waals surface area contributed by atoms with Gasteiger partial charge in [-0.05, 0) is 47.9 Å². The van der Waals surface area contributed by atoms with Gasteiger partial charge in [0.15, 0.2) is 0 Å². The monoisotopic (exact) mass is 408 g/mol. The number of aryl methyl sites for hydroxylation is 1. The van der Waals surface area contributed by atoms with Crippen LogP contribution in [0.2, 0.25) is 0 Å². The molecule has 0 saturated heterocycles. The highest BCUT2D eigenvalue weighted by Crippen LogP contribution is 2.31. The molecule has 0 heterocycles. The molecule has 0 atom stereocenters. The molecule has 3 aromatic carbocycles. The van der Waals surface area contributed by atoms with Gasteiger partial charge in [-0.3, -0.25) is 0 Å². The SMILES string of the molecule is Cc1ccc(-c2ccc(-c3cc(F)c(C#CC(F)(F)F)c(F)c3)c(F)c2)c(F)c1. The van der Waals surface area contributed by atoms with E-state index in [-0.39, 0.29) is 22.3 Å². The van der Waals surface area contributed by atoms with E-state index >= 15 is 0 Å². The molecule has 0 saturated carbocycles. The second-order valence-electron chi connectivity index (χ2n) is 6.24. The van der Waals surface area contributed by atoms with Crippen molar-refractivity contribution in [3.8, 4) is 34.1 Å². The number of hydrogen-bond donors (Lipinski definition) is 0. The minimum Gasteiger partial charge on any atom is -0.206 e. The lowest BCUT2D eigenvalue weighted by Crippen LogP contribution is -2.02. The van der Waals surface area contributed by atoms with E-state index in [1.165, 1.54) is 30.2 Å². The summed E-state index contributed by atoms with van der Waals surface area (Å²) >= 11 is 0. The van der Waals surface area contributed by atoms with Crippen molar-refractivity contribution in [3.05, 3.63) is 82.9 Å². The Morgan fingerprint density at radius 1 is 0.655 bits per heavy atom. The highest BCUT2D eigenvalue weighted by Gasteiger charge is 2.24. The summed E-state index contributed by atoms with van der Waals surface area (Å²) in [5.41, 5.74) is -0.443. The highest BCUT2D eigenvalue weighted by atomic mass is 19.4. The summed E-state index contributed by atoms with van der Waals surface area (Å²) < 4.78 is 93.2. The summed E-state index contributed by atoms with van der Waals surface area (Å²) in [5.74, 6) is -1.97. The normalized spacial score (nSPS) is 11.2. The second-order valence-corrected chi connectivity index (χ2v) is 6.24. The van der Waals surface area contributed by atoms with Gasteiger partial charge in [0.2, 0.25) is 0 Å². The Kier molecular flexibility index (Phi) is 5.38. The van der Waals surface area contributed by atoms with Gasteiger partial charge in [0, 0.05) is 17.0 Å². The first-order valence-electron chi connectivity index (χ1n) is 8.20. The first-order valence-corrected chi connectivity index (χ1v) is 8.20. The van der Waals surface area contributed by atoms with Crippen LogP contribution in [-0.2, 0) is 0 Å². The van der Waals surface area contributed by atoms with Crippen LogP contribution >= 0.6 is 0 Å². The number of alkyl halides is 3. The summed E-state index contributed by atoms with van der Waals surface area (Å²) in [6, 6.07) is 9.38. The Hall–Kier alpha value is -3.27. The Morgan fingerprint density at radius 3 is 1.72 bits per heavy atom. The fourth-order valence-electron chi connectivity index (χ4n) is 2.75. The van der Waals surface area contributed by atoms with Crippen molar-refractivity contribution in [3.63, 3.8) is 0 Å². The molecule has 0 bridgehead atoms. The Bertz CT molecular complexity index is 1130. The van der Waals surface area contributed by atoms with Gasteiger partial charge >= 0.3 is 6.18 Å². The molecule has 29 heavy (non-hydrogen) atoms. The van der Waals surface area contributed by atoms with E-state index in [0.717, 1.165) is 12.0 Å². The molecule has 0 spiro atoms. The maximum Gasteiger partial charge on any atom is 0.458 e. The predicted molar refractivity (Wildman–Crippen MR) is 94.8 cm³/mol. The van der Waals surface area contributed by atoms with Gasteiger partial charge < -0.3 is 0 Å². The third-order valence-electron chi connectivity index (χ3n) is 4.09. The molecule has 3 rings (SSSR count). The molecule has 0 aromatic heterocycles. The zero-order chi connectivity index (χ0) is 21.3. The molecule has 148 valence electrons. The van der Waals surface area contributed by atoms with E-state index in [1.807, 2.05) is 0 Å². The van der Waals surface area contributed by atoms with E-state index in [2.05, 4.69) is 0 Å². The molecule has 0 unspecified atom stereocenters. The molecule has 0 radical (unpaired) electrons. The molecule has 0 aliphatic rings. The van der Waals surface area contributed by atoms with Crippen molar-refractivity contribution < 1.29 is 30.7 Å². The molecule has 0 amide bonds. The summed E-state index contributed by atoms with van der Waals surface area (Å²) in [5, 5.41) is 0. The minimum absolute atomic E-state index is 0.149. The van der Waals surface area contributed by atoms with E-state index in [1.54, 1.807) is 13.0 Å². The fraction of sp³-hybridized carbons (Fsp3) is 0.0909. The summed E-state index contributed by atoms with van der Waals surface area (Å²) in [7, 11) is 0. The van der Waals surface area contributed by atoms with E-state index < -0.39 is 35.0 Å². The van der Waals surface area contributed by atoms with Gasteiger partial charge in [0.05, 0.1) is 5.56 Å². The fourth-order valence-corrected chi connectivity index (χ4v) is 2.75. The topological polar surface area (TPSA) is 0 Å². The van der Waals surface area contributed by atoms with Crippen LogP contribution in [0.25, 0.3) is 22.3 Å². The first kappa shape index (κ1) is 20.5. The minimum atomic E-state index is -4.91. The van der Waals surface area contributed by atoms with Crippen molar-refractivity contribution in [1.29, 1.82) is 0 Å². The lowest BCUT2D eigenvalue weighted by Gasteiger charge is -2.09. The van der Waals surface area contributed by atoms with Gasteiger partial charge in [0.1, 0.15) is 23.3 Å². The van der Waals surface area contributed by atoms with Crippen LogP contribution in [0.1, 0.15) is 11.1 Å². The van der Waals surface area contributed by atoms with Gasteiger partial charge in [0.25, 0.3) is 0 Å². The molecule has 0 aliphatic heterocycles. The van der Waals surface area contributed by atoms with Crippen LogP contribution in [0.3, 0.4) is 0 Å².